The Kier molecular flexibility index (Phi) is 6.28. The summed E-state index contributed by atoms with van der Waals surface area (Å²) >= 11 is 5.56. The summed E-state index contributed by atoms with van der Waals surface area (Å²) in [6.07, 6.45) is -4.72. The third-order valence-corrected chi connectivity index (χ3v) is 3.86. The van der Waals surface area contributed by atoms with Crippen LogP contribution in [0.15, 0.2) is 36.4 Å². The van der Waals surface area contributed by atoms with Crippen molar-refractivity contribution in [3.63, 3.8) is 0 Å². The van der Waals surface area contributed by atoms with Gasteiger partial charge in [-0.1, -0.05) is 18.5 Å². The highest BCUT2D eigenvalue weighted by atomic mass is 35.5. The smallest absolute Gasteiger partial charge is 0.417 e. The van der Waals surface area contributed by atoms with Crippen molar-refractivity contribution >= 4 is 23.2 Å². The molecule has 0 fully saturated rings. The number of carbonyl (C=O) groups excluding carboxylic acids is 1. The van der Waals surface area contributed by atoms with Crippen LogP contribution in [0.25, 0.3) is 0 Å². The third kappa shape index (κ3) is 5.34. The Morgan fingerprint density at radius 1 is 1.30 bits per heavy atom. The molecule has 0 unspecified atom stereocenters. The van der Waals surface area contributed by atoms with Gasteiger partial charge >= 0.3 is 6.18 Å². The zero-order valence-electron chi connectivity index (χ0n) is 13.9. The second kappa shape index (κ2) is 8.27. The molecule has 0 aliphatic rings. The Labute approximate surface area is 157 Å². The molecule has 2 rings (SSSR count). The Balaban J connectivity index is 2.03. The second-order valence-electron chi connectivity index (χ2n) is 5.65. The van der Waals surface area contributed by atoms with Gasteiger partial charge in [-0.3, -0.25) is 4.79 Å². The lowest BCUT2D eigenvalue weighted by Crippen LogP contribution is -2.25. The van der Waals surface area contributed by atoms with Gasteiger partial charge in [-0.15, -0.1) is 0 Å². The lowest BCUT2D eigenvalue weighted by Gasteiger charge is -2.15. The van der Waals surface area contributed by atoms with Gasteiger partial charge in [0.05, 0.1) is 34.7 Å². The van der Waals surface area contributed by atoms with Crippen molar-refractivity contribution in [2.24, 2.45) is 5.92 Å². The molecule has 0 saturated heterocycles. The van der Waals surface area contributed by atoms with Crippen LogP contribution in [0.4, 0.5) is 23.2 Å². The number of nitrogens with one attached hydrogen (secondary N) is 1. The molecule has 0 aromatic heterocycles. The summed E-state index contributed by atoms with van der Waals surface area (Å²) in [6, 6.07) is 8.12. The molecule has 1 amide bonds. The molecule has 0 aliphatic heterocycles. The van der Waals surface area contributed by atoms with Crippen LogP contribution in [0.3, 0.4) is 0 Å². The van der Waals surface area contributed by atoms with Gasteiger partial charge in [0.1, 0.15) is 11.6 Å². The molecule has 2 aromatic rings. The average Bonchev–Trinajstić information content (AvgIpc) is 2.61. The zero-order valence-corrected chi connectivity index (χ0v) is 14.7. The number of carbonyl (C=O) groups is 1. The maximum atomic E-state index is 13.3. The molecule has 0 saturated carbocycles. The molecular weight excluding hydrogens is 388 g/mol. The van der Waals surface area contributed by atoms with Gasteiger partial charge in [0.15, 0.2) is 0 Å². The summed E-state index contributed by atoms with van der Waals surface area (Å²) in [5.74, 6) is -1.85. The SMILES string of the molecule is C[C@H](COc1ccc(Cl)c(F)c1)C(=O)Nc1ccc(C#N)c(C(F)(F)F)c1. The lowest BCUT2D eigenvalue weighted by molar-refractivity contribution is -0.137. The van der Waals surface area contributed by atoms with Gasteiger partial charge in [0, 0.05) is 11.8 Å². The van der Waals surface area contributed by atoms with Crippen LogP contribution in [0.1, 0.15) is 18.1 Å². The highest BCUT2D eigenvalue weighted by Gasteiger charge is 2.34. The van der Waals surface area contributed by atoms with Crippen LogP contribution >= 0.6 is 11.6 Å². The standard InChI is InChI=1S/C18H13ClF4N2O2/c1-10(9-27-13-4-5-15(19)16(20)7-13)17(26)25-12-3-2-11(8-24)14(6-12)18(21,22)23/h2-7,10H,9H2,1H3,(H,25,26)/t10-/m1/s1. The first-order valence-electron chi connectivity index (χ1n) is 7.62. The summed E-state index contributed by atoms with van der Waals surface area (Å²) in [6.45, 7) is 1.37. The molecule has 1 atom stereocenters. The van der Waals surface area contributed by atoms with Gasteiger partial charge in [-0.2, -0.15) is 18.4 Å². The number of ether oxygens (including phenoxy) is 1. The quantitative estimate of drug-likeness (QED) is 0.716. The Morgan fingerprint density at radius 2 is 2.00 bits per heavy atom. The van der Waals surface area contributed by atoms with Crippen molar-refractivity contribution in [3.8, 4) is 11.8 Å². The fourth-order valence-electron chi connectivity index (χ4n) is 2.08. The van der Waals surface area contributed by atoms with E-state index in [1.165, 1.54) is 31.2 Å². The molecule has 0 bridgehead atoms. The highest BCUT2D eigenvalue weighted by Crippen LogP contribution is 2.33. The number of nitriles is 1. The number of alkyl halides is 3. The van der Waals surface area contributed by atoms with Crippen molar-refractivity contribution in [2.45, 2.75) is 13.1 Å². The molecular formula is C18H13ClF4N2O2. The number of hydrogen-bond donors (Lipinski definition) is 1. The number of halogens is 5. The molecule has 4 nitrogen and oxygen atoms in total. The first-order chi connectivity index (χ1) is 12.6. The number of benzene rings is 2. The van der Waals surface area contributed by atoms with Crippen molar-refractivity contribution in [1.29, 1.82) is 5.26 Å². The molecule has 9 heteroatoms. The third-order valence-electron chi connectivity index (χ3n) is 3.55. The Hall–Kier alpha value is -2.79. The zero-order chi connectivity index (χ0) is 20.2. The maximum absolute atomic E-state index is 13.3. The first kappa shape index (κ1) is 20.5. The summed E-state index contributed by atoms with van der Waals surface area (Å²) in [4.78, 5) is 12.1. The summed E-state index contributed by atoms with van der Waals surface area (Å²) < 4.78 is 57.5. The van der Waals surface area contributed by atoms with Crippen LogP contribution in [-0.2, 0) is 11.0 Å². The van der Waals surface area contributed by atoms with Gasteiger partial charge in [0.2, 0.25) is 5.91 Å². The Morgan fingerprint density at radius 3 is 2.59 bits per heavy atom. The van der Waals surface area contributed by atoms with E-state index in [4.69, 9.17) is 21.6 Å². The molecule has 27 heavy (non-hydrogen) atoms. The van der Waals surface area contributed by atoms with Crippen LogP contribution in [0, 0.1) is 23.1 Å². The number of anilines is 1. The monoisotopic (exact) mass is 400 g/mol. The highest BCUT2D eigenvalue weighted by molar-refractivity contribution is 6.30. The van der Waals surface area contributed by atoms with Gasteiger partial charge in [-0.25, -0.2) is 4.39 Å². The van der Waals surface area contributed by atoms with Crippen LogP contribution in [-0.4, -0.2) is 12.5 Å². The van der Waals surface area contributed by atoms with E-state index in [9.17, 15) is 22.4 Å². The minimum absolute atomic E-state index is 0.0746. The summed E-state index contributed by atoms with van der Waals surface area (Å²) in [5, 5.41) is 11.0. The lowest BCUT2D eigenvalue weighted by atomic mass is 10.1. The van der Waals surface area contributed by atoms with Crippen LogP contribution in [0.2, 0.25) is 5.02 Å². The fourth-order valence-corrected chi connectivity index (χ4v) is 2.20. The van der Waals surface area contributed by atoms with E-state index in [0.717, 1.165) is 12.1 Å². The van der Waals surface area contributed by atoms with E-state index >= 15 is 0 Å². The Bertz CT molecular complexity index is 894. The predicted molar refractivity (Wildman–Crippen MR) is 90.9 cm³/mol. The van der Waals surface area contributed by atoms with E-state index in [0.29, 0.717) is 6.07 Å². The van der Waals surface area contributed by atoms with Crippen molar-refractivity contribution in [2.75, 3.05) is 11.9 Å². The fraction of sp³-hybridized carbons (Fsp3) is 0.222. The minimum atomic E-state index is -4.72. The summed E-state index contributed by atoms with van der Waals surface area (Å²) in [7, 11) is 0. The van der Waals surface area contributed by atoms with Gasteiger partial charge < -0.3 is 10.1 Å². The largest absolute Gasteiger partial charge is 0.493 e. The first-order valence-corrected chi connectivity index (χ1v) is 7.99. The average molecular weight is 401 g/mol. The normalized spacial score (nSPS) is 12.2. The second-order valence-corrected chi connectivity index (χ2v) is 6.05. The molecule has 1 N–H and O–H groups in total. The number of nitrogens with zero attached hydrogens (tertiary/aromatic N) is 1. The summed E-state index contributed by atoms with van der Waals surface area (Å²) in [5.41, 5.74) is -1.78. The number of amides is 1. The van der Waals surface area contributed by atoms with Gasteiger partial charge in [0.25, 0.3) is 0 Å². The molecule has 0 spiro atoms. The predicted octanol–water partition coefficient (Wildman–Crippen LogP) is 5.02. The van der Waals surface area contributed by atoms with Crippen LogP contribution < -0.4 is 10.1 Å². The molecule has 2 aromatic carbocycles. The van der Waals surface area contributed by atoms with E-state index in [1.807, 2.05) is 0 Å². The molecule has 0 radical (unpaired) electrons. The van der Waals surface area contributed by atoms with E-state index in [-0.39, 0.29) is 23.1 Å². The van der Waals surface area contributed by atoms with Crippen molar-refractivity contribution < 1.29 is 27.1 Å². The van der Waals surface area contributed by atoms with Gasteiger partial charge in [-0.05, 0) is 30.3 Å². The van der Waals surface area contributed by atoms with E-state index < -0.39 is 34.9 Å². The minimum Gasteiger partial charge on any atom is -0.493 e. The molecule has 0 heterocycles. The van der Waals surface area contributed by atoms with E-state index in [1.54, 1.807) is 0 Å². The number of rotatable bonds is 5. The van der Waals surface area contributed by atoms with E-state index in [2.05, 4.69) is 5.32 Å². The van der Waals surface area contributed by atoms with Crippen molar-refractivity contribution in [3.05, 3.63) is 58.4 Å². The number of hydrogen-bond acceptors (Lipinski definition) is 3. The molecule has 142 valence electrons. The van der Waals surface area contributed by atoms with Crippen molar-refractivity contribution in [1.82, 2.24) is 0 Å². The van der Waals surface area contributed by atoms with Crippen LogP contribution in [0.5, 0.6) is 5.75 Å². The maximum Gasteiger partial charge on any atom is 0.417 e. The topological polar surface area (TPSA) is 62.1 Å². The molecule has 0 aliphatic carbocycles.